The lowest BCUT2D eigenvalue weighted by Crippen LogP contribution is -2.58. The Balaban J connectivity index is 1.09. The number of benzene rings is 2. The van der Waals surface area contributed by atoms with Crippen molar-refractivity contribution in [3.8, 4) is 22.5 Å². The van der Waals surface area contributed by atoms with Crippen molar-refractivity contribution >= 4 is 45.9 Å². The van der Waals surface area contributed by atoms with Crippen molar-refractivity contribution in [3.05, 3.63) is 60.4 Å². The van der Waals surface area contributed by atoms with Crippen molar-refractivity contribution in [2.75, 3.05) is 27.3 Å². The van der Waals surface area contributed by atoms with E-state index < -0.39 is 47.3 Å². The van der Waals surface area contributed by atoms with Crippen LogP contribution in [-0.2, 0) is 19.1 Å². The fraction of sp³-hybridized carbons (Fsp3) is 0.450. The van der Waals surface area contributed by atoms with Crippen molar-refractivity contribution in [1.29, 1.82) is 0 Å². The number of aliphatic hydroxyl groups is 2. The lowest BCUT2D eigenvalue weighted by molar-refractivity contribution is -0.141. The van der Waals surface area contributed by atoms with E-state index in [9.17, 15) is 29.4 Å². The summed E-state index contributed by atoms with van der Waals surface area (Å²) in [5, 5.41) is 28.2. The quantitative estimate of drug-likeness (QED) is 0.114. The lowest BCUT2D eigenvalue weighted by Gasteiger charge is -2.34. The number of alkyl carbamates (subject to hydrolysis) is 2. The van der Waals surface area contributed by atoms with Crippen LogP contribution in [0.1, 0.15) is 77.1 Å². The van der Waals surface area contributed by atoms with E-state index in [1.54, 1.807) is 22.2 Å². The zero-order valence-corrected chi connectivity index (χ0v) is 32.7. The van der Waals surface area contributed by atoms with Gasteiger partial charge in [0.05, 0.1) is 61.3 Å². The van der Waals surface area contributed by atoms with Gasteiger partial charge in [-0.15, -0.1) is 0 Å². The van der Waals surface area contributed by atoms with Gasteiger partial charge < -0.3 is 54.5 Å². The smallest absolute Gasteiger partial charge is 0.407 e. The molecule has 0 spiro atoms. The molecule has 2 fully saturated rings. The number of carbonyl (C=O) groups excluding carboxylic acids is 4. The third kappa shape index (κ3) is 7.76. The van der Waals surface area contributed by atoms with Crippen LogP contribution in [0.3, 0.4) is 0 Å². The number of furan rings is 1. The summed E-state index contributed by atoms with van der Waals surface area (Å²) in [6.07, 6.45) is 4.59. The number of hydrogen-bond donors (Lipinski definition) is 6. The van der Waals surface area contributed by atoms with E-state index in [-0.39, 0.29) is 12.1 Å². The Kier molecular flexibility index (Phi) is 10.5. The number of nitrogens with zero attached hydrogens (tertiary/aromatic N) is 4. The molecule has 0 bridgehead atoms. The summed E-state index contributed by atoms with van der Waals surface area (Å²) < 4.78 is 15.8. The molecule has 2 aromatic carbocycles. The summed E-state index contributed by atoms with van der Waals surface area (Å²) in [4.78, 5) is 70.6. The molecule has 3 aromatic heterocycles. The average molecular weight is 785 g/mol. The van der Waals surface area contributed by atoms with Gasteiger partial charge in [0.1, 0.15) is 34.9 Å². The van der Waals surface area contributed by atoms with Gasteiger partial charge in [0, 0.05) is 35.0 Å². The zero-order valence-electron chi connectivity index (χ0n) is 32.7. The summed E-state index contributed by atoms with van der Waals surface area (Å²) in [6.45, 7) is 6.74. The van der Waals surface area contributed by atoms with Crippen LogP contribution in [0.2, 0.25) is 0 Å². The molecule has 0 saturated carbocycles. The first-order valence-electron chi connectivity index (χ1n) is 18.9. The van der Waals surface area contributed by atoms with Crippen LogP contribution in [-0.4, -0.2) is 115 Å². The minimum Gasteiger partial charge on any atom is -0.456 e. The van der Waals surface area contributed by atoms with Crippen molar-refractivity contribution in [1.82, 2.24) is 40.4 Å². The predicted octanol–water partition coefficient (Wildman–Crippen LogP) is 4.68. The monoisotopic (exact) mass is 784 g/mol. The maximum Gasteiger partial charge on any atom is 0.407 e. The van der Waals surface area contributed by atoms with Gasteiger partial charge in [0.15, 0.2) is 0 Å². The highest BCUT2D eigenvalue weighted by molar-refractivity contribution is 6.06. The number of rotatable bonds is 10. The van der Waals surface area contributed by atoms with E-state index in [2.05, 4.69) is 30.6 Å². The highest BCUT2D eigenvalue weighted by Crippen LogP contribution is 2.37. The third-order valence-electron chi connectivity index (χ3n) is 10.8. The average Bonchev–Trinajstić information content (AvgIpc) is 4.02. The second kappa shape index (κ2) is 15.2. The van der Waals surface area contributed by atoms with Crippen LogP contribution in [0.5, 0.6) is 0 Å². The van der Waals surface area contributed by atoms with Gasteiger partial charge in [-0.2, -0.15) is 0 Å². The summed E-state index contributed by atoms with van der Waals surface area (Å²) in [6, 6.07) is 8.62. The Morgan fingerprint density at radius 1 is 0.737 bits per heavy atom. The second-order valence-electron chi connectivity index (χ2n) is 15.7. The molecule has 2 saturated heterocycles. The van der Waals surface area contributed by atoms with Crippen LogP contribution in [0.4, 0.5) is 9.59 Å². The summed E-state index contributed by atoms with van der Waals surface area (Å²) in [7, 11) is 2.40. The van der Waals surface area contributed by atoms with Crippen molar-refractivity contribution < 1.29 is 43.3 Å². The van der Waals surface area contributed by atoms with E-state index in [0.29, 0.717) is 48.7 Å². The van der Waals surface area contributed by atoms with E-state index in [0.717, 1.165) is 46.1 Å². The van der Waals surface area contributed by atoms with Gasteiger partial charge in [-0.1, -0.05) is 12.1 Å². The molecule has 4 amide bonds. The number of likely N-dealkylation sites (tertiary alicyclic amines) is 2. The van der Waals surface area contributed by atoms with Crippen LogP contribution in [0.15, 0.2) is 53.2 Å². The SMILES string of the molecule is COC(=O)N[C@H](C(=O)N1CCCC1c1ncc(-c2ccc3c(c2)oc2cc(-c4cnc([C@@H]5CCCN5C(=O)[C@@H](NC(=O)OC)C(C)(C)O)[nH]4)ccc23)[nH]1)C(C)(C)O. The number of ether oxygens (including phenoxy) is 2. The van der Waals surface area contributed by atoms with Gasteiger partial charge in [0.2, 0.25) is 11.8 Å². The Morgan fingerprint density at radius 3 is 1.51 bits per heavy atom. The maximum atomic E-state index is 13.6. The molecular formula is C40H48N8O9. The third-order valence-corrected chi connectivity index (χ3v) is 10.8. The molecule has 17 heteroatoms. The van der Waals surface area contributed by atoms with E-state index in [1.807, 2.05) is 36.4 Å². The van der Waals surface area contributed by atoms with Crippen molar-refractivity contribution in [3.63, 3.8) is 0 Å². The minimum atomic E-state index is -1.54. The molecule has 0 radical (unpaired) electrons. The Morgan fingerprint density at radius 2 is 1.14 bits per heavy atom. The number of aromatic amines is 2. The van der Waals surface area contributed by atoms with Crippen LogP contribution < -0.4 is 10.6 Å². The number of H-pyrrole nitrogens is 2. The molecule has 5 aromatic rings. The zero-order chi connectivity index (χ0) is 40.8. The molecule has 2 aliphatic rings. The largest absolute Gasteiger partial charge is 0.456 e. The highest BCUT2D eigenvalue weighted by atomic mass is 16.5. The first-order chi connectivity index (χ1) is 27.1. The van der Waals surface area contributed by atoms with Gasteiger partial charge in [-0.25, -0.2) is 19.6 Å². The number of fused-ring (bicyclic) bond motifs is 3. The van der Waals surface area contributed by atoms with Gasteiger partial charge >= 0.3 is 12.2 Å². The number of carbonyl (C=O) groups is 4. The summed E-state index contributed by atoms with van der Waals surface area (Å²) in [5.41, 5.74) is 1.40. The normalized spacial score (nSPS) is 18.5. The number of hydrogen-bond acceptors (Lipinski definition) is 11. The molecule has 0 aliphatic carbocycles. The topological polar surface area (TPSA) is 228 Å². The molecule has 302 valence electrons. The Labute approximate surface area is 328 Å². The van der Waals surface area contributed by atoms with Crippen LogP contribution in [0.25, 0.3) is 44.5 Å². The van der Waals surface area contributed by atoms with Gasteiger partial charge in [0.25, 0.3) is 0 Å². The number of imidazole rings is 2. The fourth-order valence-corrected chi connectivity index (χ4v) is 7.81. The van der Waals surface area contributed by atoms with E-state index >= 15 is 0 Å². The van der Waals surface area contributed by atoms with E-state index in [4.69, 9.17) is 13.9 Å². The molecule has 4 atom stereocenters. The molecule has 6 N–H and O–H groups in total. The number of aromatic nitrogens is 4. The highest BCUT2D eigenvalue weighted by Gasteiger charge is 2.44. The lowest BCUT2D eigenvalue weighted by atomic mass is 9.97. The maximum absolute atomic E-state index is 13.6. The first-order valence-corrected chi connectivity index (χ1v) is 18.9. The molecule has 5 heterocycles. The summed E-state index contributed by atoms with van der Waals surface area (Å²) >= 11 is 0. The number of methoxy groups -OCH3 is 2. The molecular weight excluding hydrogens is 736 g/mol. The fourth-order valence-electron chi connectivity index (χ4n) is 7.81. The minimum absolute atomic E-state index is 0.377. The van der Waals surface area contributed by atoms with Crippen LogP contribution >= 0.6 is 0 Å². The van der Waals surface area contributed by atoms with Gasteiger partial charge in [-0.05, 0) is 77.6 Å². The molecule has 2 aliphatic heterocycles. The first kappa shape index (κ1) is 39.3. The predicted molar refractivity (Wildman–Crippen MR) is 208 cm³/mol. The summed E-state index contributed by atoms with van der Waals surface area (Å²) in [5.74, 6) is 0.334. The second-order valence-corrected chi connectivity index (χ2v) is 15.7. The Bertz CT molecular complexity index is 2160. The van der Waals surface area contributed by atoms with Gasteiger partial charge in [-0.3, -0.25) is 9.59 Å². The molecule has 7 rings (SSSR count). The molecule has 57 heavy (non-hydrogen) atoms. The molecule has 17 nitrogen and oxygen atoms in total. The number of amides is 4. The van der Waals surface area contributed by atoms with E-state index in [1.165, 1.54) is 41.9 Å². The van der Waals surface area contributed by atoms with Crippen molar-refractivity contribution in [2.45, 2.75) is 88.7 Å². The van der Waals surface area contributed by atoms with Crippen molar-refractivity contribution in [2.24, 2.45) is 0 Å². The standard InChI is InChI=1S/C40H48N8O9/c1-39(2,53)31(45-37(51)55-5)35(49)47-15-7-9-27(47)33-41-19-25(43-33)21-11-13-23-24-14-12-22(18-30(24)57-29(23)17-21)26-20-42-34(44-26)28-10-8-16-48(28)36(50)32(40(3,4)54)46-38(52)56-6/h11-14,17-20,27-28,31-32,53-54H,7-10,15-16H2,1-6H3,(H,41,43)(H,42,44)(H,45,51)(H,46,52)/t27-,28?,31+,32+/m0/s1. The Hall–Kier alpha value is -5.94. The van der Waals surface area contributed by atoms with Crippen LogP contribution in [0, 0.1) is 0 Å². The molecule has 1 unspecified atom stereocenters. The number of nitrogens with one attached hydrogen (secondary N) is 4.